The van der Waals surface area contributed by atoms with Gasteiger partial charge >= 0.3 is 0 Å². The van der Waals surface area contributed by atoms with Gasteiger partial charge < -0.3 is 10.2 Å². The molecule has 0 spiro atoms. The van der Waals surface area contributed by atoms with Gasteiger partial charge in [-0.2, -0.15) is 0 Å². The molecule has 2 amide bonds. The van der Waals surface area contributed by atoms with Gasteiger partial charge in [0.05, 0.1) is 6.42 Å². The van der Waals surface area contributed by atoms with Crippen molar-refractivity contribution in [2.24, 2.45) is 0 Å². The molecule has 0 bridgehead atoms. The minimum Gasteiger partial charge on any atom is -0.357 e. The molecule has 25 heavy (non-hydrogen) atoms. The Morgan fingerprint density at radius 3 is 2.40 bits per heavy atom. The minimum atomic E-state index is -0.659. The lowest BCUT2D eigenvalue weighted by atomic mass is 10.1. The highest BCUT2D eigenvalue weighted by molar-refractivity contribution is 9.10. The Balaban J connectivity index is 2.23. The third-order valence-corrected chi connectivity index (χ3v) is 4.51. The van der Waals surface area contributed by atoms with E-state index in [9.17, 15) is 14.0 Å². The number of carbonyl (C=O) groups is 2. The quantitative estimate of drug-likeness (QED) is 0.799. The lowest BCUT2D eigenvalue weighted by molar-refractivity contribution is -0.139. The molecule has 0 aliphatic rings. The Labute approximate surface area is 155 Å². The standard InChI is InChI=1S/C19H20BrFN2O2/c1-13(19(25)22-2)23(12-14-7-9-16(20)10-8-14)18(24)11-15-5-3-4-6-17(15)21/h3-10,13H,11-12H2,1-2H3,(H,22,25)/t13-/m0/s1. The maximum absolute atomic E-state index is 13.9. The smallest absolute Gasteiger partial charge is 0.242 e. The molecule has 0 aliphatic heterocycles. The Morgan fingerprint density at radius 1 is 1.16 bits per heavy atom. The first kappa shape index (κ1) is 19.1. The third-order valence-electron chi connectivity index (χ3n) is 3.98. The highest BCUT2D eigenvalue weighted by Gasteiger charge is 2.26. The third kappa shape index (κ3) is 5.13. The molecule has 0 aliphatic carbocycles. The zero-order chi connectivity index (χ0) is 18.4. The van der Waals surface area contributed by atoms with Gasteiger partial charge in [-0.3, -0.25) is 9.59 Å². The molecule has 2 aromatic carbocycles. The van der Waals surface area contributed by atoms with Crippen molar-refractivity contribution < 1.29 is 14.0 Å². The number of nitrogens with zero attached hydrogens (tertiary/aromatic N) is 1. The molecule has 0 radical (unpaired) electrons. The van der Waals surface area contributed by atoms with Crippen molar-refractivity contribution in [1.82, 2.24) is 10.2 Å². The van der Waals surface area contributed by atoms with Crippen LogP contribution in [0.3, 0.4) is 0 Å². The summed E-state index contributed by atoms with van der Waals surface area (Å²) >= 11 is 3.37. The van der Waals surface area contributed by atoms with Crippen molar-refractivity contribution in [3.8, 4) is 0 Å². The molecular formula is C19H20BrFN2O2. The molecular weight excluding hydrogens is 387 g/mol. The molecule has 1 N–H and O–H groups in total. The molecule has 0 saturated heterocycles. The summed E-state index contributed by atoms with van der Waals surface area (Å²) < 4.78 is 14.8. The van der Waals surface area contributed by atoms with Crippen molar-refractivity contribution >= 4 is 27.7 Å². The summed E-state index contributed by atoms with van der Waals surface area (Å²) in [6.45, 7) is 1.94. The first-order chi connectivity index (χ1) is 11.9. The summed E-state index contributed by atoms with van der Waals surface area (Å²) in [6.07, 6.45) is -0.0927. The SMILES string of the molecule is CNC(=O)[C@H](C)N(Cc1ccc(Br)cc1)C(=O)Cc1ccccc1F. The van der Waals surface area contributed by atoms with Crippen LogP contribution in [0, 0.1) is 5.82 Å². The van der Waals surface area contributed by atoms with Crippen molar-refractivity contribution in [3.63, 3.8) is 0 Å². The van der Waals surface area contributed by atoms with E-state index >= 15 is 0 Å². The molecule has 2 aromatic rings. The number of nitrogens with one attached hydrogen (secondary N) is 1. The first-order valence-electron chi connectivity index (χ1n) is 7.91. The number of hydrogen-bond donors (Lipinski definition) is 1. The van der Waals surface area contributed by atoms with E-state index < -0.39 is 11.9 Å². The fourth-order valence-electron chi connectivity index (χ4n) is 2.48. The van der Waals surface area contributed by atoms with Crippen molar-refractivity contribution in [3.05, 3.63) is 69.9 Å². The van der Waals surface area contributed by atoms with Gasteiger partial charge in [-0.15, -0.1) is 0 Å². The largest absolute Gasteiger partial charge is 0.357 e. The second-order valence-corrected chi connectivity index (χ2v) is 6.62. The van der Waals surface area contributed by atoms with Gasteiger partial charge in [0.1, 0.15) is 11.9 Å². The van der Waals surface area contributed by atoms with Gasteiger partial charge in [-0.05, 0) is 36.2 Å². The van der Waals surface area contributed by atoms with Gasteiger partial charge in [0, 0.05) is 18.1 Å². The molecule has 0 saturated carbocycles. The predicted octanol–water partition coefficient (Wildman–Crippen LogP) is 3.29. The minimum absolute atomic E-state index is 0.0927. The lowest BCUT2D eigenvalue weighted by Crippen LogP contribution is -2.47. The van der Waals surface area contributed by atoms with Gasteiger partial charge in [-0.25, -0.2) is 4.39 Å². The first-order valence-corrected chi connectivity index (χ1v) is 8.70. The summed E-state index contributed by atoms with van der Waals surface area (Å²) in [4.78, 5) is 26.3. The zero-order valence-electron chi connectivity index (χ0n) is 14.1. The van der Waals surface area contributed by atoms with E-state index in [4.69, 9.17) is 0 Å². The van der Waals surface area contributed by atoms with Gasteiger partial charge in [0.15, 0.2) is 0 Å². The molecule has 132 valence electrons. The second kappa shape index (κ2) is 8.76. The van der Waals surface area contributed by atoms with E-state index in [0.717, 1.165) is 10.0 Å². The van der Waals surface area contributed by atoms with Crippen LogP contribution in [0.1, 0.15) is 18.1 Å². The van der Waals surface area contributed by atoms with Gasteiger partial charge in [0.2, 0.25) is 11.8 Å². The molecule has 4 nitrogen and oxygen atoms in total. The highest BCUT2D eigenvalue weighted by atomic mass is 79.9. The van der Waals surface area contributed by atoms with E-state index in [1.807, 2.05) is 24.3 Å². The van der Waals surface area contributed by atoms with Crippen LogP contribution in [-0.4, -0.2) is 29.8 Å². The number of halogens is 2. The fraction of sp³-hybridized carbons (Fsp3) is 0.263. The van der Waals surface area contributed by atoms with Crippen LogP contribution in [0.15, 0.2) is 53.0 Å². The maximum Gasteiger partial charge on any atom is 0.242 e. The number of likely N-dealkylation sites (N-methyl/N-ethyl adjacent to an activating group) is 1. The number of benzene rings is 2. The highest BCUT2D eigenvalue weighted by Crippen LogP contribution is 2.16. The summed E-state index contributed by atoms with van der Waals surface area (Å²) in [5.74, 6) is -0.991. The van der Waals surface area contributed by atoms with Gasteiger partial charge in [-0.1, -0.05) is 46.3 Å². The van der Waals surface area contributed by atoms with Crippen LogP contribution in [-0.2, 0) is 22.6 Å². The number of hydrogen-bond acceptors (Lipinski definition) is 2. The molecule has 6 heteroatoms. The van der Waals surface area contributed by atoms with Gasteiger partial charge in [0.25, 0.3) is 0 Å². The number of amides is 2. The van der Waals surface area contributed by atoms with Crippen molar-refractivity contribution in [2.75, 3.05) is 7.05 Å². The maximum atomic E-state index is 13.9. The fourth-order valence-corrected chi connectivity index (χ4v) is 2.75. The molecule has 0 unspecified atom stereocenters. The number of rotatable bonds is 6. The summed E-state index contributed by atoms with van der Waals surface area (Å²) in [5.41, 5.74) is 1.21. The van der Waals surface area contributed by atoms with E-state index in [2.05, 4.69) is 21.2 Å². The Kier molecular flexibility index (Phi) is 6.70. The summed E-state index contributed by atoms with van der Waals surface area (Å²) in [5, 5.41) is 2.56. The van der Waals surface area contributed by atoms with Crippen LogP contribution in [0.5, 0.6) is 0 Å². The monoisotopic (exact) mass is 406 g/mol. The molecule has 0 heterocycles. The normalized spacial score (nSPS) is 11.7. The molecule has 1 atom stereocenters. The molecule has 0 aromatic heterocycles. The number of carbonyl (C=O) groups excluding carboxylic acids is 2. The van der Waals surface area contributed by atoms with Crippen molar-refractivity contribution in [1.29, 1.82) is 0 Å². The van der Waals surface area contributed by atoms with Crippen LogP contribution in [0.2, 0.25) is 0 Å². The van der Waals surface area contributed by atoms with Crippen LogP contribution < -0.4 is 5.32 Å². The van der Waals surface area contributed by atoms with Crippen molar-refractivity contribution in [2.45, 2.75) is 25.9 Å². The van der Waals surface area contributed by atoms with E-state index in [1.54, 1.807) is 25.1 Å². The van der Waals surface area contributed by atoms with E-state index in [1.165, 1.54) is 18.0 Å². The Bertz CT molecular complexity index is 749. The molecule has 2 rings (SSSR count). The second-order valence-electron chi connectivity index (χ2n) is 5.71. The lowest BCUT2D eigenvalue weighted by Gasteiger charge is -2.28. The zero-order valence-corrected chi connectivity index (χ0v) is 15.7. The van der Waals surface area contributed by atoms with E-state index in [-0.39, 0.29) is 24.8 Å². The average Bonchev–Trinajstić information content (AvgIpc) is 2.61. The topological polar surface area (TPSA) is 49.4 Å². The summed E-state index contributed by atoms with van der Waals surface area (Å²) in [6, 6.07) is 13.0. The Morgan fingerprint density at radius 2 is 1.80 bits per heavy atom. The van der Waals surface area contributed by atoms with E-state index in [0.29, 0.717) is 5.56 Å². The predicted molar refractivity (Wildman–Crippen MR) is 98.3 cm³/mol. The average molecular weight is 407 g/mol. The summed E-state index contributed by atoms with van der Waals surface area (Å²) in [7, 11) is 1.53. The molecule has 0 fully saturated rings. The van der Waals surface area contributed by atoms with Crippen LogP contribution in [0.4, 0.5) is 4.39 Å². The van der Waals surface area contributed by atoms with Crippen LogP contribution >= 0.6 is 15.9 Å². The van der Waals surface area contributed by atoms with Crippen LogP contribution in [0.25, 0.3) is 0 Å². The Hall–Kier alpha value is -2.21.